The molecule has 0 spiro atoms. The van der Waals surface area contributed by atoms with Crippen molar-refractivity contribution >= 4 is 17.4 Å². The van der Waals surface area contributed by atoms with Crippen LogP contribution in [0.3, 0.4) is 0 Å². The molecule has 4 nitrogen and oxygen atoms in total. The molecule has 0 unspecified atom stereocenters. The number of aromatic nitrogens is 2. The average molecular weight is 241 g/mol. The van der Waals surface area contributed by atoms with E-state index < -0.39 is 5.82 Å². The van der Waals surface area contributed by atoms with Crippen LogP contribution in [0, 0.1) is 5.82 Å². The van der Waals surface area contributed by atoms with Gasteiger partial charge in [0.15, 0.2) is 0 Å². The van der Waals surface area contributed by atoms with Gasteiger partial charge in [-0.25, -0.2) is 4.39 Å². The van der Waals surface area contributed by atoms with Crippen LogP contribution in [0.1, 0.15) is 17.6 Å². The van der Waals surface area contributed by atoms with E-state index >= 15 is 0 Å². The van der Waals surface area contributed by atoms with Crippen LogP contribution in [0.25, 0.3) is 11.4 Å². The van der Waals surface area contributed by atoms with E-state index in [1.54, 1.807) is 0 Å². The van der Waals surface area contributed by atoms with E-state index in [2.05, 4.69) is 10.1 Å². The first-order valence-corrected chi connectivity index (χ1v) is 4.76. The number of rotatable bonds is 2. The standard InChI is InChI=1S/C10H6ClFN2O2/c1-5(15)10-13-9(14-16-10)7-3-2-6(12)4-8(7)11/h2-4H,1H3. The summed E-state index contributed by atoms with van der Waals surface area (Å²) >= 11 is 5.81. The number of hydrogen-bond acceptors (Lipinski definition) is 4. The third-order valence-corrected chi connectivity index (χ3v) is 2.21. The highest BCUT2D eigenvalue weighted by Gasteiger charge is 2.14. The maximum absolute atomic E-state index is 12.8. The summed E-state index contributed by atoms with van der Waals surface area (Å²) in [5, 5.41) is 3.75. The van der Waals surface area contributed by atoms with Gasteiger partial charge in [0.1, 0.15) is 5.82 Å². The summed E-state index contributed by atoms with van der Waals surface area (Å²) in [6.07, 6.45) is 0. The maximum Gasteiger partial charge on any atom is 0.294 e. The van der Waals surface area contributed by atoms with Crippen molar-refractivity contribution in [3.8, 4) is 11.4 Å². The van der Waals surface area contributed by atoms with Crippen molar-refractivity contribution in [3.63, 3.8) is 0 Å². The Bertz CT molecular complexity index is 554. The quantitative estimate of drug-likeness (QED) is 0.758. The number of carbonyl (C=O) groups is 1. The monoisotopic (exact) mass is 240 g/mol. The second kappa shape index (κ2) is 4.02. The second-order valence-corrected chi connectivity index (χ2v) is 3.51. The molecule has 1 heterocycles. The van der Waals surface area contributed by atoms with Gasteiger partial charge in [-0.15, -0.1) is 0 Å². The lowest BCUT2D eigenvalue weighted by Gasteiger charge is -1.97. The van der Waals surface area contributed by atoms with E-state index in [1.165, 1.54) is 19.1 Å². The molecule has 0 bridgehead atoms. The second-order valence-electron chi connectivity index (χ2n) is 3.10. The lowest BCUT2D eigenvalue weighted by atomic mass is 10.2. The Kier molecular flexibility index (Phi) is 2.70. The molecule has 2 aromatic rings. The lowest BCUT2D eigenvalue weighted by Crippen LogP contribution is -1.91. The number of nitrogens with zero attached hydrogens (tertiary/aromatic N) is 2. The largest absolute Gasteiger partial charge is 0.330 e. The molecule has 1 aromatic heterocycles. The smallest absolute Gasteiger partial charge is 0.294 e. The number of hydrogen-bond donors (Lipinski definition) is 0. The van der Waals surface area contributed by atoms with E-state index in [0.717, 1.165) is 6.07 Å². The molecule has 0 atom stereocenters. The topological polar surface area (TPSA) is 56.0 Å². The van der Waals surface area contributed by atoms with E-state index in [1.807, 2.05) is 0 Å². The van der Waals surface area contributed by atoms with Crippen molar-refractivity contribution in [1.29, 1.82) is 0 Å². The Morgan fingerprint density at radius 2 is 2.25 bits per heavy atom. The van der Waals surface area contributed by atoms with Crippen LogP contribution in [0.2, 0.25) is 5.02 Å². The van der Waals surface area contributed by atoms with Crippen molar-refractivity contribution in [3.05, 3.63) is 34.9 Å². The summed E-state index contributed by atoms with van der Waals surface area (Å²) in [4.78, 5) is 14.8. The van der Waals surface area contributed by atoms with Gasteiger partial charge in [0, 0.05) is 12.5 Å². The first-order valence-electron chi connectivity index (χ1n) is 4.38. The van der Waals surface area contributed by atoms with Gasteiger partial charge in [0.2, 0.25) is 11.6 Å². The molecule has 0 N–H and O–H groups in total. The Morgan fingerprint density at radius 3 is 2.81 bits per heavy atom. The minimum atomic E-state index is -0.455. The number of halogens is 2. The van der Waals surface area contributed by atoms with E-state index in [9.17, 15) is 9.18 Å². The Hall–Kier alpha value is -1.75. The molecule has 0 aliphatic carbocycles. The van der Waals surface area contributed by atoms with Crippen LogP contribution in [0.5, 0.6) is 0 Å². The van der Waals surface area contributed by atoms with Crippen LogP contribution in [0.15, 0.2) is 22.7 Å². The minimum absolute atomic E-state index is 0.101. The van der Waals surface area contributed by atoms with Gasteiger partial charge in [-0.05, 0) is 18.2 Å². The number of ketones is 1. The summed E-state index contributed by atoms with van der Waals surface area (Å²) in [6.45, 7) is 1.31. The highest BCUT2D eigenvalue weighted by molar-refractivity contribution is 6.33. The SMILES string of the molecule is CC(=O)c1nc(-c2ccc(F)cc2Cl)no1. The molecule has 0 radical (unpaired) electrons. The van der Waals surface area contributed by atoms with E-state index in [0.29, 0.717) is 5.56 Å². The summed E-state index contributed by atoms with van der Waals surface area (Å²) < 4.78 is 17.5. The van der Waals surface area contributed by atoms with Crippen LogP contribution in [-0.4, -0.2) is 15.9 Å². The zero-order valence-corrected chi connectivity index (χ0v) is 8.95. The molecule has 0 saturated carbocycles. The van der Waals surface area contributed by atoms with Crippen molar-refractivity contribution in [2.45, 2.75) is 6.92 Å². The summed E-state index contributed by atoms with van der Waals surface area (Å²) in [5.74, 6) is -0.730. The third kappa shape index (κ3) is 1.94. The number of benzene rings is 1. The van der Waals surface area contributed by atoms with Gasteiger partial charge in [0.05, 0.1) is 5.02 Å². The number of carbonyl (C=O) groups excluding carboxylic acids is 1. The van der Waals surface area contributed by atoms with E-state index in [4.69, 9.17) is 16.1 Å². The Morgan fingerprint density at radius 1 is 1.50 bits per heavy atom. The molecular formula is C10H6ClFN2O2. The van der Waals surface area contributed by atoms with Gasteiger partial charge >= 0.3 is 0 Å². The fourth-order valence-corrected chi connectivity index (χ4v) is 1.40. The highest BCUT2D eigenvalue weighted by Crippen LogP contribution is 2.26. The molecule has 1 aromatic carbocycles. The minimum Gasteiger partial charge on any atom is -0.330 e. The molecule has 0 aliphatic rings. The predicted octanol–water partition coefficient (Wildman–Crippen LogP) is 2.73. The van der Waals surface area contributed by atoms with Gasteiger partial charge in [-0.3, -0.25) is 4.79 Å². The first-order chi connectivity index (χ1) is 7.58. The first kappa shape index (κ1) is 10.8. The molecule has 2 rings (SSSR count). The van der Waals surface area contributed by atoms with Gasteiger partial charge in [-0.1, -0.05) is 16.8 Å². The molecular weight excluding hydrogens is 235 g/mol. The van der Waals surface area contributed by atoms with Gasteiger partial charge < -0.3 is 4.52 Å². The van der Waals surface area contributed by atoms with Crippen LogP contribution < -0.4 is 0 Å². The van der Waals surface area contributed by atoms with Crippen LogP contribution in [0.4, 0.5) is 4.39 Å². The fourth-order valence-electron chi connectivity index (χ4n) is 1.15. The Labute approximate surface area is 95.0 Å². The zero-order chi connectivity index (χ0) is 11.7. The molecule has 0 saturated heterocycles. The molecule has 6 heteroatoms. The van der Waals surface area contributed by atoms with Gasteiger partial charge in [0.25, 0.3) is 5.89 Å². The molecule has 0 fully saturated rings. The molecule has 0 aliphatic heterocycles. The summed E-state index contributed by atoms with van der Waals surface area (Å²) in [6, 6.07) is 3.79. The number of Topliss-reactive ketones (excluding diaryl/α,β-unsaturated/α-hetero) is 1. The van der Waals surface area contributed by atoms with Crippen molar-refractivity contribution < 1.29 is 13.7 Å². The summed E-state index contributed by atoms with van der Waals surface area (Å²) in [7, 11) is 0. The molecule has 82 valence electrons. The van der Waals surface area contributed by atoms with Crippen molar-refractivity contribution in [1.82, 2.24) is 10.1 Å². The fraction of sp³-hybridized carbons (Fsp3) is 0.100. The lowest BCUT2D eigenvalue weighted by molar-refractivity contribution is 0.0972. The Balaban J connectivity index is 2.46. The average Bonchev–Trinajstić information content (AvgIpc) is 2.66. The highest BCUT2D eigenvalue weighted by atomic mass is 35.5. The molecule has 0 amide bonds. The van der Waals surface area contributed by atoms with E-state index in [-0.39, 0.29) is 22.5 Å². The van der Waals surface area contributed by atoms with Crippen LogP contribution >= 0.6 is 11.6 Å². The van der Waals surface area contributed by atoms with Crippen LogP contribution in [-0.2, 0) is 0 Å². The third-order valence-electron chi connectivity index (χ3n) is 1.90. The van der Waals surface area contributed by atoms with Gasteiger partial charge in [-0.2, -0.15) is 4.98 Å². The zero-order valence-electron chi connectivity index (χ0n) is 8.20. The maximum atomic E-state index is 12.8. The van der Waals surface area contributed by atoms with Crippen molar-refractivity contribution in [2.75, 3.05) is 0 Å². The molecule has 16 heavy (non-hydrogen) atoms. The predicted molar refractivity (Wildman–Crippen MR) is 54.7 cm³/mol. The normalized spacial score (nSPS) is 10.4. The van der Waals surface area contributed by atoms with Crippen molar-refractivity contribution in [2.24, 2.45) is 0 Å². The summed E-state index contributed by atoms with van der Waals surface area (Å²) in [5.41, 5.74) is 0.416.